The molecule has 4 nitrogen and oxygen atoms in total. The first-order chi connectivity index (χ1) is 11.3. The van der Waals surface area contributed by atoms with E-state index in [1.165, 1.54) is 5.56 Å². The molecular formula is C19H21N3O. The average molecular weight is 307 g/mol. The van der Waals surface area contributed by atoms with Crippen LogP contribution in [0.3, 0.4) is 0 Å². The van der Waals surface area contributed by atoms with Crippen molar-refractivity contribution in [2.24, 2.45) is 0 Å². The Morgan fingerprint density at radius 2 is 1.87 bits per heavy atom. The van der Waals surface area contributed by atoms with Crippen LogP contribution in [0.15, 0.2) is 54.9 Å². The maximum absolute atomic E-state index is 5.89. The summed E-state index contributed by atoms with van der Waals surface area (Å²) < 4.78 is 5.89. The molecule has 0 aliphatic rings. The number of hydrogen-bond acceptors (Lipinski definition) is 4. The van der Waals surface area contributed by atoms with Crippen molar-refractivity contribution >= 4 is 16.7 Å². The van der Waals surface area contributed by atoms with Crippen LogP contribution in [0.4, 0.5) is 5.82 Å². The second kappa shape index (κ2) is 7.20. The molecule has 0 aliphatic carbocycles. The van der Waals surface area contributed by atoms with Crippen LogP contribution in [0.5, 0.6) is 0 Å². The summed E-state index contributed by atoms with van der Waals surface area (Å²) in [6.45, 7) is 5.43. The smallest absolute Gasteiger partial charge is 0.137 e. The van der Waals surface area contributed by atoms with Gasteiger partial charge in [-0.15, -0.1) is 0 Å². The molecule has 118 valence electrons. The van der Waals surface area contributed by atoms with Crippen LogP contribution >= 0.6 is 0 Å². The fourth-order valence-electron chi connectivity index (χ4n) is 2.75. The Balaban J connectivity index is 1.84. The molecule has 0 amide bonds. The third-order valence-corrected chi connectivity index (χ3v) is 3.87. The Hall–Kier alpha value is -2.46. The minimum atomic E-state index is -0.00441. The summed E-state index contributed by atoms with van der Waals surface area (Å²) in [4.78, 5) is 8.76. The summed E-state index contributed by atoms with van der Waals surface area (Å²) >= 11 is 0. The van der Waals surface area contributed by atoms with Gasteiger partial charge in [0.25, 0.3) is 0 Å². The van der Waals surface area contributed by atoms with E-state index in [0.717, 1.165) is 22.3 Å². The molecule has 1 N–H and O–H groups in total. The van der Waals surface area contributed by atoms with Crippen LogP contribution in [0.25, 0.3) is 10.9 Å². The normalized spacial score (nSPS) is 12.3. The predicted octanol–water partition coefficient (Wildman–Crippen LogP) is 4.13. The van der Waals surface area contributed by atoms with Crippen molar-refractivity contribution < 1.29 is 4.74 Å². The number of nitrogens with one attached hydrogen (secondary N) is 1. The van der Waals surface area contributed by atoms with Crippen LogP contribution in [0.2, 0.25) is 0 Å². The molecule has 0 radical (unpaired) electrons. The fraction of sp³-hybridized carbons (Fsp3) is 0.263. The zero-order chi connectivity index (χ0) is 16.1. The maximum Gasteiger partial charge on any atom is 0.137 e. The molecule has 1 aromatic heterocycles. The molecule has 0 fully saturated rings. The number of hydrogen-bond donors (Lipinski definition) is 1. The van der Waals surface area contributed by atoms with Crippen LogP contribution in [0, 0.1) is 6.92 Å². The summed E-state index contributed by atoms with van der Waals surface area (Å²) in [6, 6.07) is 16.4. The molecule has 0 bridgehead atoms. The van der Waals surface area contributed by atoms with Gasteiger partial charge >= 0.3 is 0 Å². The predicted molar refractivity (Wildman–Crippen MR) is 93.6 cm³/mol. The standard InChI is InChI=1S/C19H21N3O/c1-3-23-17(15-9-5-4-6-10-15)12-20-19-18-14(2)8-7-11-16(18)21-13-22-19/h4-11,13,17H,3,12H2,1-2H3,(H,20,21,22). The van der Waals surface area contributed by atoms with Crippen molar-refractivity contribution in [3.63, 3.8) is 0 Å². The van der Waals surface area contributed by atoms with Crippen LogP contribution in [-0.4, -0.2) is 23.1 Å². The molecule has 2 aromatic carbocycles. The van der Waals surface area contributed by atoms with E-state index in [1.807, 2.05) is 37.3 Å². The molecule has 1 atom stereocenters. The van der Waals surface area contributed by atoms with E-state index >= 15 is 0 Å². The highest BCUT2D eigenvalue weighted by Gasteiger charge is 2.13. The Morgan fingerprint density at radius 1 is 1.04 bits per heavy atom. The zero-order valence-corrected chi connectivity index (χ0v) is 13.5. The minimum absolute atomic E-state index is 0.00441. The highest BCUT2D eigenvalue weighted by Crippen LogP contribution is 2.24. The van der Waals surface area contributed by atoms with Crippen molar-refractivity contribution in [3.8, 4) is 0 Å². The fourth-order valence-corrected chi connectivity index (χ4v) is 2.75. The van der Waals surface area contributed by atoms with E-state index in [4.69, 9.17) is 4.74 Å². The van der Waals surface area contributed by atoms with Gasteiger partial charge in [0.2, 0.25) is 0 Å². The van der Waals surface area contributed by atoms with Gasteiger partial charge in [-0.05, 0) is 31.0 Å². The molecule has 0 spiro atoms. The quantitative estimate of drug-likeness (QED) is 0.744. The van der Waals surface area contributed by atoms with Gasteiger partial charge in [0.1, 0.15) is 12.1 Å². The van der Waals surface area contributed by atoms with Gasteiger partial charge in [0.05, 0.1) is 11.6 Å². The molecule has 0 aliphatic heterocycles. The number of benzene rings is 2. The molecule has 0 saturated carbocycles. The molecule has 1 heterocycles. The van der Waals surface area contributed by atoms with Gasteiger partial charge < -0.3 is 10.1 Å². The summed E-state index contributed by atoms with van der Waals surface area (Å²) in [5.74, 6) is 0.855. The largest absolute Gasteiger partial charge is 0.372 e. The first-order valence-corrected chi connectivity index (χ1v) is 7.90. The van der Waals surface area contributed by atoms with E-state index < -0.39 is 0 Å². The Kier molecular flexibility index (Phi) is 4.83. The monoisotopic (exact) mass is 307 g/mol. The van der Waals surface area contributed by atoms with Crippen molar-refractivity contribution in [2.45, 2.75) is 20.0 Å². The molecule has 1 unspecified atom stereocenters. The molecule has 4 heteroatoms. The lowest BCUT2D eigenvalue weighted by atomic mass is 10.1. The SMILES string of the molecule is CCOC(CNc1ncnc2cccc(C)c12)c1ccccc1. The van der Waals surface area contributed by atoms with Crippen molar-refractivity contribution in [1.29, 1.82) is 0 Å². The number of nitrogens with zero attached hydrogens (tertiary/aromatic N) is 2. The third-order valence-electron chi connectivity index (χ3n) is 3.87. The molecular weight excluding hydrogens is 286 g/mol. The number of ether oxygens (including phenoxy) is 1. The van der Waals surface area contributed by atoms with Crippen LogP contribution in [-0.2, 0) is 4.74 Å². The van der Waals surface area contributed by atoms with Crippen molar-refractivity contribution in [1.82, 2.24) is 9.97 Å². The highest BCUT2D eigenvalue weighted by atomic mass is 16.5. The average Bonchev–Trinajstić information content (AvgIpc) is 2.59. The van der Waals surface area contributed by atoms with Gasteiger partial charge in [-0.2, -0.15) is 0 Å². The van der Waals surface area contributed by atoms with E-state index in [9.17, 15) is 0 Å². The van der Waals surface area contributed by atoms with Gasteiger partial charge in [0.15, 0.2) is 0 Å². The second-order valence-corrected chi connectivity index (χ2v) is 5.43. The molecule has 3 rings (SSSR count). The topological polar surface area (TPSA) is 47.0 Å². The van der Waals surface area contributed by atoms with Gasteiger partial charge in [-0.25, -0.2) is 9.97 Å². The van der Waals surface area contributed by atoms with Gasteiger partial charge in [-0.1, -0.05) is 42.5 Å². The summed E-state index contributed by atoms with van der Waals surface area (Å²) in [5, 5.41) is 4.50. The minimum Gasteiger partial charge on any atom is -0.372 e. The lowest BCUT2D eigenvalue weighted by molar-refractivity contribution is 0.0718. The van der Waals surface area contributed by atoms with Crippen LogP contribution in [0.1, 0.15) is 24.2 Å². The Bertz CT molecular complexity index is 769. The number of aryl methyl sites for hydroxylation is 1. The first kappa shape index (κ1) is 15.4. The van der Waals surface area contributed by atoms with E-state index in [-0.39, 0.29) is 6.10 Å². The third kappa shape index (κ3) is 3.48. The number of anilines is 1. The summed E-state index contributed by atoms with van der Waals surface area (Å²) in [5.41, 5.74) is 3.28. The molecule has 0 saturated heterocycles. The van der Waals surface area contributed by atoms with Gasteiger partial charge in [-0.3, -0.25) is 0 Å². The maximum atomic E-state index is 5.89. The summed E-state index contributed by atoms with van der Waals surface area (Å²) in [7, 11) is 0. The van der Waals surface area contributed by atoms with E-state index in [1.54, 1.807) is 6.33 Å². The van der Waals surface area contributed by atoms with Crippen molar-refractivity contribution in [3.05, 3.63) is 66.0 Å². The molecule has 23 heavy (non-hydrogen) atoms. The number of rotatable bonds is 6. The lowest BCUT2D eigenvalue weighted by Gasteiger charge is -2.19. The van der Waals surface area contributed by atoms with Crippen LogP contribution < -0.4 is 5.32 Å². The highest BCUT2D eigenvalue weighted by molar-refractivity contribution is 5.91. The number of aromatic nitrogens is 2. The second-order valence-electron chi connectivity index (χ2n) is 5.43. The van der Waals surface area contributed by atoms with E-state index in [0.29, 0.717) is 13.2 Å². The Morgan fingerprint density at radius 3 is 2.65 bits per heavy atom. The summed E-state index contributed by atoms with van der Waals surface area (Å²) in [6.07, 6.45) is 1.60. The zero-order valence-electron chi connectivity index (χ0n) is 13.5. The molecule has 3 aromatic rings. The first-order valence-electron chi connectivity index (χ1n) is 7.90. The number of fused-ring (bicyclic) bond motifs is 1. The van der Waals surface area contributed by atoms with E-state index in [2.05, 4.69) is 40.4 Å². The lowest BCUT2D eigenvalue weighted by Crippen LogP contribution is -2.17. The Labute approximate surface area is 136 Å². The van der Waals surface area contributed by atoms with Gasteiger partial charge in [0, 0.05) is 18.5 Å². The van der Waals surface area contributed by atoms with Crippen molar-refractivity contribution in [2.75, 3.05) is 18.5 Å².